The lowest BCUT2D eigenvalue weighted by Crippen LogP contribution is -2.31. The first-order valence-corrected chi connectivity index (χ1v) is 10.8. The first-order chi connectivity index (χ1) is 14.5. The smallest absolute Gasteiger partial charge is 0.153 e. The Labute approximate surface area is 191 Å². The number of hydrogen-bond donors (Lipinski definition) is 0. The number of hydrogen-bond acceptors (Lipinski definition) is 2. The Morgan fingerprint density at radius 3 is 2.52 bits per heavy atom. The lowest BCUT2D eigenvalue weighted by Gasteiger charge is -2.30. The molecule has 3 nitrogen and oxygen atoms in total. The largest absolute Gasteiger partial charge is 0.350 e. The van der Waals surface area contributed by atoms with Gasteiger partial charge in [0, 0.05) is 36.9 Å². The number of rotatable bonds is 3. The van der Waals surface area contributed by atoms with Crippen molar-refractivity contribution in [2.45, 2.75) is 47.2 Å². The molecule has 160 valence electrons. The number of anilines is 1. The van der Waals surface area contributed by atoms with Gasteiger partial charge < -0.3 is 9.47 Å². The zero-order valence-corrected chi connectivity index (χ0v) is 19.6. The number of aryl methyl sites for hydroxylation is 3. The average molecular weight is 432 g/mol. The van der Waals surface area contributed by atoms with E-state index >= 15 is 0 Å². The normalized spacial score (nSPS) is 13.2. The molecule has 0 N–H and O–H groups in total. The average Bonchev–Trinajstić information content (AvgIpc) is 3.01. The lowest BCUT2D eigenvalue weighted by atomic mass is 10.00. The molecule has 2 aromatic carbocycles. The van der Waals surface area contributed by atoms with E-state index in [1.54, 1.807) is 0 Å². The zero-order chi connectivity index (χ0) is 20.8. The van der Waals surface area contributed by atoms with Gasteiger partial charge in [0.25, 0.3) is 0 Å². The molecule has 4 heteroatoms. The predicted molar refractivity (Wildman–Crippen MR) is 133 cm³/mol. The number of pyridine rings is 1. The molecule has 0 amide bonds. The van der Waals surface area contributed by atoms with E-state index in [0.29, 0.717) is 0 Å². The molecule has 31 heavy (non-hydrogen) atoms. The molecule has 0 saturated carbocycles. The molecule has 3 heterocycles. The molecule has 4 aromatic rings. The summed E-state index contributed by atoms with van der Waals surface area (Å²) in [4.78, 5) is 7.37. The van der Waals surface area contributed by atoms with Crippen molar-refractivity contribution < 1.29 is 0 Å². The van der Waals surface area contributed by atoms with Gasteiger partial charge in [-0.15, -0.1) is 12.4 Å². The molecule has 2 aromatic heterocycles. The second-order valence-electron chi connectivity index (χ2n) is 8.70. The maximum absolute atomic E-state index is 4.91. The predicted octanol–water partition coefficient (Wildman–Crippen LogP) is 6.30. The molecule has 0 radical (unpaired) electrons. The Kier molecular flexibility index (Phi) is 5.81. The minimum atomic E-state index is 0. The highest BCUT2D eigenvalue weighted by molar-refractivity contribution is 5.93. The molecule has 1 aliphatic heterocycles. The van der Waals surface area contributed by atoms with E-state index in [1.165, 1.54) is 50.0 Å². The SMILES string of the molecule is Cc1ccc(C)c(Cn2c(C)c(C)c3ccnc(N4CCc5ccccc5C4)c32)c1.Cl. The fourth-order valence-corrected chi connectivity index (χ4v) is 4.82. The van der Waals surface area contributed by atoms with Crippen molar-refractivity contribution in [3.63, 3.8) is 0 Å². The number of halogens is 1. The first kappa shape index (κ1) is 21.5. The van der Waals surface area contributed by atoms with Crippen molar-refractivity contribution in [1.82, 2.24) is 9.55 Å². The van der Waals surface area contributed by atoms with E-state index in [1.807, 2.05) is 6.20 Å². The van der Waals surface area contributed by atoms with Gasteiger partial charge in [-0.2, -0.15) is 0 Å². The van der Waals surface area contributed by atoms with Crippen molar-refractivity contribution >= 4 is 29.1 Å². The summed E-state index contributed by atoms with van der Waals surface area (Å²) in [5.74, 6) is 1.11. The van der Waals surface area contributed by atoms with Gasteiger partial charge in [-0.25, -0.2) is 4.98 Å². The number of fused-ring (bicyclic) bond motifs is 2. The van der Waals surface area contributed by atoms with Crippen LogP contribution in [-0.4, -0.2) is 16.1 Å². The Bertz CT molecular complexity index is 1260. The van der Waals surface area contributed by atoms with Crippen molar-refractivity contribution in [2.24, 2.45) is 0 Å². The van der Waals surface area contributed by atoms with Crippen molar-refractivity contribution in [3.05, 3.63) is 93.8 Å². The van der Waals surface area contributed by atoms with Crippen LogP contribution < -0.4 is 4.90 Å². The summed E-state index contributed by atoms with van der Waals surface area (Å²) in [7, 11) is 0. The molecule has 5 rings (SSSR count). The third-order valence-electron chi connectivity index (χ3n) is 6.79. The van der Waals surface area contributed by atoms with Gasteiger partial charge in [-0.05, 0) is 68.0 Å². The van der Waals surface area contributed by atoms with E-state index in [0.717, 1.165) is 31.9 Å². The van der Waals surface area contributed by atoms with Crippen LogP contribution in [0.3, 0.4) is 0 Å². The summed E-state index contributed by atoms with van der Waals surface area (Å²) in [5, 5.41) is 1.32. The van der Waals surface area contributed by atoms with Crippen LogP contribution in [0, 0.1) is 27.7 Å². The fourth-order valence-electron chi connectivity index (χ4n) is 4.82. The highest BCUT2D eigenvalue weighted by atomic mass is 35.5. The second kappa shape index (κ2) is 8.39. The zero-order valence-electron chi connectivity index (χ0n) is 18.8. The molecular formula is C27H30ClN3. The summed E-state index contributed by atoms with van der Waals surface area (Å²) < 4.78 is 2.48. The topological polar surface area (TPSA) is 21.1 Å². The molecule has 0 bridgehead atoms. The monoisotopic (exact) mass is 431 g/mol. The van der Waals surface area contributed by atoms with Crippen LogP contribution in [0.1, 0.15) is 39.1 Å². The summed E-state index contributed by atoms with van der Waals surface area (Å²) in [6.07, 6.45) is 3.05. The van der Waals surface area contributed by atoms with Crippen LogP contribution >= 0.6 is 12.4 Å². The molecule has 0 atom stereocenters. The third kappa shape index (κ3) is 3.72. The van der Waals surface area contributed by atoms with Gasteiger partial charge in [-0.3, -0.25) is 0 Å². The van der Waals surface area contributed by atoms with E-state index in [-0.39, 0.29) is 12.4 Å². The van der Waals surface area contributed by atoms with E-state index in [2.05, 4.69) is 85.7 Å². The van der Waals surface area contributed by atoms with Gasteiger partial charge in [0.15, 0.2) is 5.82 Å². The maximum atomic E-state index is 4.91. The highest BCUT2D eigenvalue weighted by Gasteiger charge is 2.23. The second-order valence-corrected chi connectivity index (χ2v) is 8.70. The summed E-state index contributed by atoms with van der Waals surface area (Å²) >= 11 is 0. The molecule has 0 fully saturated rings. The number of nitrogens with zero attached hydrogens (tertiary/aromatic N) is 3. The Hall–Kier alpha value is -2.78. The Morgan fingerprint density at radius 1 is 0.935 bits per heavy atom. The van der Waals surface area contributed by atoms with Crippen LogP contribution in [0.15, 0.2) is 54.7 Å². The molecular weight excluding hydrogens is 402 g/mol. The number of benzene rings is 2. The summed E-state index contributed by atoms with van der Waals surface area (Å²) in [6, 6.07) is 17.7. The molecule has 0 aliphatic carbocycles. The third-order valence-corrected chi connectivity index (χ3v) is 6.79. The van der Waals surface area contributed by atoms with E-state index in [9.17, 15) is 0 Å². The van der Waals surface area contributed by atoms with Crippen LogP contribution in [0.4, 0.5) is 5.82 Å². The molecule has 0 unspecified atom stereocenters. The van der Waals surface area contributed by atoms with Gasteiger partial charge in [0.2, 0.25) is 0 Å². The van der Waals surface area contributed by atoms with Crippen LogP contribution in [-0.2, 0) is 19.5 Å². The first-order valence-electron chi connectivity index (χ1n) is 10.8. The van der Waals surface area contributed by atoms with Gasteiger partial charge in [0.1, 0.15) is 0 Å². The van der Waals surface area contributed by atoms with Crippen LogP contribution in [0.2, 0.25) is 0 Å². The maximum Gasteiger partial charge on any atom is 0.153 e. The van der Waals surface area contributed by atoms with Crippen LogP contribution in [0.25, 0.3) is 10.9 Å². The lowest BCUT2D eigenvalue weighted by molar-refractivity contribution is 0.717. The van der Waals surface area contributed by atoms with Crippen LogP contribution in [0.5, 0.6) is 0 Å². The molecule has 0 saturated heterocycles. The number of aromatic nitrogens is 2. The molecule has 1 aliphatic rings. The standard InChI is InChI=1S/C27H29N3.ClH/c1-18-9-10-19(2)24(15-18)17-30-21(4)20(3)25-11-13-28-27(26(25)30)29-14-12-22-7-5-6-8-23(22)16-29;/h5-11,13,15H,12,14,16-17H2,1-4H3;1H. The fraction of sp³-hybridized carbons (Fsp3) is 0.296. The Morgan fingerprint density at radius 2 is 1.71 bits per heavy atom. The molecule has 0 spiro atoms. The van der Waals surface area contributed by atoms with Gasteiger partial charge >= 0.3 is 0 Å². The summed E-state index contributed by atoms with van der Waals surface area (Å²) in [6.45, 7) is 11.7. The minimum Gasteiger partial charge on any atom is -0.350 e. The van der Waals surface area contributed by atoms with E-state index < -0.39 is 0 Å². The minimum absolute atomic E-state index is 0. The van der Waals surface area contributed by atoms with Crippen molar-refractivity contribution in [1.29, 1.82) is 0 Å². The van der Waals surface area contributed by atoms with Crippen molar-refractivity contribution in [2.75, 3.05) is 11.4 Å². The van der Waals surface area contributed by atoms with E-state index in [4.69, 9.17) is 4.98 Å². The quantitative estimate of drug-likeness (QED) is 0.379. The van der Waals surface area contributed by atoms with Crippen molar-refractivity contribution in [3.8, 4) is 0 Å². The van der Waals surface area contributed by atoms with Gasteiger partial charge in [-0.1, -0.05) is 48.0 Å². The highest BCUT2D eigenvalue weighted by Crippen LogP contribution is 2.34. The summed E-state index contributed by atoms with van der Waals surface area (Å²) in [5.41, 5.74) is 10.9. The van der Waals surface area contributed by atoms with Gasteiger partial charge in [0.05, 0.1) is 5.52 Å². The Balaban J connectivity index is 0.00000231.